The van der Waals surface area contributed by atoms with Crippen LogP contribution >= 0.6 is 11.6 Å². The molecule has 2 aliphatic rings. The van der Waals surface area contributed by atoms with Gasteiger partial charge in [-0.05, 0) is 50.5 Å². The first-order chi connectivity index (χ1) is 11.4. The van der Waals surface area contributed by atoms with Crippen molar-refractivity contribution in [3.8, 4) is 5.75 Å². The number of carbonyl (C=O) groups is 3. The molecule has 6 heteroatoms. The molecule has 1 saturated heterocycles. The van der Waals surface area contributed by atoms with Crippen molar-refractivity contribution in [3.05, 3.63) is 28.8 Å². The van der Waals surface area contributed by atoms with Crippen molar-refractivity contribution in [2.45, 2.75) is 45.6 Å². The first-order valence-electron chi connectivity index (χ1n) is 8.25. The van der Waals surface area contributed by atoms with Gasteiger partial charge in [0.1, 0.15) is 11.8 Å². The molecule has 0 N–H and O–H groups in total. The van der Waals surface area contributed by atoms with E-state index in [9.17, 15) is 14.4 Å². The number of nitrogens with zero attached hydrogens (tertiary/aromatic N) is 1. The molecule has 3 rings (SSSR count). The van der Waals surface area contributed by atoms with Crippen LogP contribution in [0.15, 0.2) is 18.2 Å². The van der Waals surface area contributed by atoms with E-state index in [1.165, 1.54) is 6.92 Å². The topological polar surface area (TPSA) is 63.7 Å². The first kappa shape index (κ1) is 17.0. The number of rotatable bonds is 3. The molecule has 1 aliphatic carbocycles. The first-order valence-corrected chi connectivity index (χ1v) is 8.62. The van der Waals surface area contributed by atoms with Gasteiger partial charge in [0.2, 0.25) is 11.8 Å². The van der Waals surface area contributed by atoms with E-state index in [1.807, 2.05) is 0 Å². The number of ether oxygens (including phenoxy) is 1. The Morgan fingerprint density at radius 2 is 1.79 bits per heavy atom. The fraction of sp³-hybridized carbons (Fsp3) is 0.500. The molecular weight excluding hydrogens is 330 g/mol. The van der Waals surface area contributed by atoms with Crippen LogP contribution in [0.25, 0.3) is 0 Å². The number of likely N-dealkylation sites (tertiary alicyclic amines) is 1. The number of amides is 2. The van der Waals surface area contributed by atoms with E-state index in [0.717, 1.165) is 36.1 Å². The molecule has 128 valence electrons. The van der Waals surface area contributed by atoms with Gasteiger partial charge in [-0.1, -0.05) is 24.4 Å². The Morgan fingerprint density at radius 1 is 1.21 bits per heavy atom. The summed E-state index contributed by atoms with van der Waals surface area (Å²) in [7, 11) is 0. The number of halogens is 1. The summed E-state index contributed by atoms with van der Waals surface area (Å²) in [6.45, 7) is 3.35. The van der Waals surface area contributed by atoms with Gasteiger partial charge < -0.3 is 4.74 Å². The Hall–Kier alpha value is -1.88. The molecule has 0 aromatic heterocycles. The number of fused-ring (bicyclic) bond motifs is 1. The predicted octanol–water partition coefficient (Wildman–Crippen LogP) is 3.12. The van der Waals surface area contributed by atoms with Gasteiger partial charge in [-0.15, -0.1) is 0 Å². The highest BCUT2D eigenvalue weighted by atomic mass is 35.5. The van der Waals surface area contributed by atoms with Crippen molar-refractivity contribution in [3.63, 3.8) is 0 Å². The molecule has 0 radical (unpaired) electrons. The van der Waals surface area contributed by atoms with Crippen LogP contribution in [0, 0.1) is 18.8 Å². The van der Waals surface area contributed by atoms with Gasteiger partial charge in [0.25, 0.3) is 0 Å². The van der Waals surface area contributed by atoms with Crippen molar-refractivity contribution in [2.24, 2.45) is 11.8 Å². The van der Waals surface area contributed by atoms with Gasteiger partial charge in [0.05, 0.1) is 11.8 Å². The summed E-state index contributed by atoms with van der Waals surface area (Å²) < 4.78 is 5.33. The molecule has 5 nitrogen and oxygen atoms in total. The van der Waals surface area contributed by atoms with Gasteiger partial charge in [0.15, 0.2) is 0 Å². The van der Waals surface area contributed by atoms with Crippen molar-refractivity contribution in [1.82, 2.24) is 4.90 Å². The summed E-state index contributed by atoms with van der Waals surface area (Å²) in [4.78, 5) is 38.5. The average molecular weight is 350 g/mol. The second-order valence-electron chi connectivity index (χ2n) is 6.55. The van der Waals surface area contributed by atoms with Crippen molar-refractivity contribution in [1.29, 1.82) is 0 Å². The molecule has 1 heterocycles. The van der Waals surface area contributed by atoms with Gasteiger partial charge in [0, 0.05) is 5.02 Å². The van der Waals surface area contributed by atoms with Crippen LogP contribution in [-0.2, 0) is 14.4 Å². The number of imide groups is 1. The standard InChI is InChI=1S/C18H20ClNO4/c1-10-9-12(7-8-15(10)19)24-18(23)11(2)20-16(21)13-5-3-4-6-14(13)17(20)22/h7-9,11,13-14H,3-6H2,1-2H3. The summed E-state index contributed by atoms with van der Waals surface area (Å²) in [5, 5.41) is 0.580. The van der Waals surface area contributed by atoms with E-state index in [-0.39, 0.29) is 23.7 Å². The molecule has 1 aromatic rings. The fourth-order valence-corrected chi connectivity index (χ4v) is 3.67. The monoisotopic (exact) mass is 349 g/mol. The molecule has 3 unspecified atom stereocenters. The van der Waals surface area contributed by atoms with Gasteiger partial charge >= 0.3 is 5.97 Å². The maximum Gasteiger partial charge on any atom is 0.334 e. The van der Waals surface area contributed by atoms with Crippen molar-refractivity contribution < 1.29 is 19.1 Å². The van der Waals surface area contributed by atoms with Crippen LogP contribution in [0.1, 0.15) is 38.2 Å². The zero-order valence-corrected chi connectivity index (χ0v) is 14.5. The molecule has 3 atom stereocenters. The van der Waals surface area contributed by atoms with Crippen LogP contribution in [0.3, 0.4) is 0 Å². The Morgan fingerprint density at radius 3 is 2.33 bits per heavy atom. The van der Waals surface area contributed by atoms with Crippen LogP contribution < -0.4 is 4.74 Å². The maximum atomic E-state index is 12.5. The Balaban J connectivity index is 1.74. The highest BCUT2D eigenvalue weighted by molar-refractivity contribution is 6.31. The maximum absolute atomic E-state index is 12.5. The molecule has 1 saturated carbocycles. The lowest BCUT2D eigenvalue weighted by atomic mass is 9.81. The highest BCUT2D eigenvalue weighted by Gasteiger charge is 2.51. The second kappa shape index (κ2) is 6.55. The van der Waals surface area contributed by atoms with E-state index >= 15 is 0 Å². The SMILES string of the molecule is Cc1cc(OC(=O)C(C)N2C(=O)C3CCCCC3C2=O)ccc1Cl. The van der Waals surface area contributed by atoms with E-state index in [4.69, 9.17) is 16.3 Å². The van der Waals surface area contributed by atoms with Crippen molar-refractivity contribution >= 4 is 29.4 Å². The number of carbonyl (C=O) groups excluding carboxylic acids is 3. The zero-order chi connectivity index (χ0) is 17.4. The minimum Gasteiger partial charge on any atom is -0.425 e. The summed E-state index contributed by atoms with van der Waals surface area (Å²) in [5.41, 5.74) is 0.786. The van der Waals surface area contributed by atoms with E-state index in [0.29, 0.717) is 10.8 Å². The normalized spacial score (nSPS) is 24.7. The Bertz CT molecular complexity index is 678. The number of esters is 1. The summed E-state index contributed by atoms with van der Waals surface area (Å²) in [6, 6.07) is 3.96. The second-order valence-corrected chi connectivity index (χ2v) is 6.96. The Labute approximate surface area is 145 Å². The predicted molar refractivity (Wildman–Crippen MR) is 88.6 cm³/mol. The fourth-order valence-electron chi connectivity index (χ4n) is 3.56. The molecular formula is C18H20ClNO4. The third-order valence-corrected chi connectivity index (χ3v) is 5.38. The van der Waals surface area contributed by atoms with Crippen molar-refractivity contribution in [2.75, 3.05) is 0 Å². The zero-order valence-electron chi connectivity index (χ0n) is 13.8. The minimum absolute atomic E-state index is 0.235. The summed E-state index contributed by atoms with van der Waals surface area (Å²) in [6.07, 6.45) is 3.36. The molecule has 2 amide bonds. The van der Waals surface area contributed by atoms with E-state index in [1.54, 1.807) is 25.1 Å². The van der Waals surface area contributed by atoms with Gasteiger partial charge in [-0.2, -0.15) is 0 Å². The Kier molecular flexibility index (Phi) is 4.63. The highest BCUT2D eigenvalue weighted by Crippen LogP contribution is 2.39. The van der Waals surface area contributed by atoms with Crippen LogP contribution in [0.4, 0.5) is 0 Å². The number of hydrogen-bond acceptors (Lipinski definition) is 4. The van der Waals surface area contributed by atoms with E-state index in [2.05, 4.69) is 0 Å². The molecule has 1 aliphatic heterocycles. The molecule has 1 aromatic carbocycles. The number of aryl methyl sites for hydroxylation is 1. The largest absolute Gasteiger partial charge is 0.425 e. The van der Waals surface area contributed by atoms with E-state index < -0.39 is 12.0 Å². The van der Waals surface area contributed by atoms with Gasteiger partial charge in [-0.25, -0.2) is 4.79 Å². The number of benzene rings is 1. The lowest BCUT2D eigenvalue weighted by Gasteiger charge is -2.21. The van der Waals surface area contributed by atoms with Crippen LogP contribution in [0.2, 0.25) is 5.02 Å². The smallest absolute Gasteiger partial charge is 0.334 e. The van der Waals surface area contributed by atoms with Crippen LogP contribution in [-0.4, -0.2) is 28.7 Å². The minimum atomic E-state index is -0.924. The third-order valence-electron chi connectivity index (χ3n) is 4.95. The number of hydrogen-bond donors (Lipinski definition) is 0. The molecule has 24 heavy (non-hydrogen) atoms. The average Bonchev–Trinajstić information content (AvgIpc) is 2.82. The lowest BCUT2D eigenvalue weighted by molar-refractivity contribution is -0.152. The van der Waals surface area contributed by atoms with Gasteiger partial charge in [-0.3, -0.25) is 14.5 Å². The summed E-state index contributed by atoms with van der Waals surface area (Å²) >= 11 is 5.95. The molecule has 0 spiro atoms. The molecule has 2 fully saturated rings. The van der Waals surface area contributed by atoms with Crippen LogP contribution in [0.5, 0.6) is 5.75 Å². The quantitative estimate of drug-likeness (QED) is 0.478. The summed E-state index contributed by atoms with van der Waals surface area (Å²) in [5.74, 6) is -1.26. The third kappa shape index (κ3) is 2.93. The lowest BCUT2D eigenvalue weighted by Crippen LogP contribution is -2.45. The molecule has 0 bridgehead atoms.